The molecule has 0 spiro atoms. The van der Waals surface area contributed by atoms with Crippen molar-refractivity contribution in [2.45, 2.75) is 19.0 Å². The number of aryl methyl sites for hydroxylation is 1. The number of allylic oxidation sites excluding steroid dienone is 1. The molecule has 0 aliphatic carbocycles. The van der Waals surface area contributed by atoms with E-state index >= 15 is 0 Å². The van der Waals surface area contributed by atoms with Crippen molar-refractivity contribution >= 4 is 39.3 Å². The Morgan fingerprint density at radius 2 is 1.92 bits per heavy atom. The molecular weight excluding hydrogens is 407 g/mol. The molecule has 2 aromatic carbocycles. The molecule has 0 amide bonds. The van der Waals surface area contributed by atoms with Crippen LogP contribution in [0.5, 0.6) is 0 Å². The third-order valence-corrected chi connectivity index (χ3v) is 4.68. The van der Waals surface area contributed by atoms with Gasteiger partial charge in [-0.15, -0.1) is 0 Å². The maximum Gasteiger partial charge on any atom is 0.399 e. The van der Waals surface area contributed by atoms with Gasteiger partial charge in [-0.05, 0) is 41.8 Å². The summed E-state index contributed by atoms with van der Waals surface area (Å²) in [7, 11) is 0. The van der Waals surface area contributed by atoms with Crippen LogP contribution in [0.2, 0.25) is 5.02 Å². The van der Waals surface area contributed by atoms with E-state index in [2.05, 4.69) is 15.9 Å². The van der Waals surface area contributed by atoms with Gasteiger partial charge in [-0.1, -0.05) is 57.9 Å². The summed E-state index contributed by atoms with van der Waals surface area (Å²) in [4.78, 5) is 0. The molecule has 0 saturated carbocycles. The number of alkyl halides is 3. The molecule has 1 unspecified atom stereocenters. The van der Waals surface area contributed by atoms with Crippen LogP contribution in [0.25, 0.3) is 6.08 Å². The molecule has 128 valence electrons. The Bertz CT molecular complexity index is 762. The van der Waals surface area contributed by atoms with Gasteiger partial charge in [0.25, 0.3) is 0 Å². The van der Waals surface area contributed by atoms with Crippen molar-refractivity contribution in [2.75, 3.05) is 5.48 Å². The van der Waals surface area contributed by atoms with Crippen molar-refractivity contribution in [3.05, 3.63) is 68.7 Å². The molecule has 0 heterocycles. The molecule has 0 bridgehead atoms. The Morgan fingerprint density at radius 1 is 1.21 bits per heavy atom. The van der Waals surface area contributed by atoms with Crippen LogP contribution >= 0.6 is 27.5 Å². The molecule has 1 atom stereocenters. The van der Waals surface area contributed by atoms with Crippen molar-refractivity contribution in [3.63, 3.8) is 0 Å². The van der Waals surface area contributed by atoms with Gasteiger partial charge < -0.3 is 0 Å². The molecule has 0 aliphatic heterocycles. The Hall–Kier alpha value is -1.50. The number of anilines is 1. The van der Waals surface area contributed by atoms with Crippen LogP contribution in [0.15, 0.2) is 46.9 Å². The minimum absolute atomic E-state index is 0.0223. The summed E-state index contributed by atoms with van der Waals surface area (Å²) >= 11 is 9.15. The Kier molecular flexibility index (Phi) is 5.96. The molecule has 2 rings (SSSR count). The fourth-order valence-electron chi connectivity index (χ4n) is 2.15. The van der Waals surface area contributed by atoms with E-state index < -0.39 is 12.1 Å². The van der Waals surface area contributed by atoms with Gasteiger partial charge in [0.1, 0.15) is 0 Å². The number of halogens is 5. The second-order valence-corrected chi connectivity index (χ2v) is 6.50. The summed E-state index contributed by atoms with van der Waals surface area (Å²) in [5.41, 5.74) is 3.45. The zero-order valence-electron chi connectivity index (χ0n) is 12.5. The van der Waals surface area contributed by atoms with Gasteiger partial charge in [0.05, 0.1) is 16.6 Å². The molecule has 2 N–H and O–H groups in total. The molecule has 0 fully saturated rings. The van der Waals surface area contributed by atoms with E-state index in [-0.39, 0.29) is 16.3 Å². The zero-order valence-corrected chi connectivity index (χ0v) is 14.9. The van der Waals surface area contributed by atoms with E-state index in [1.54, 1.807) is 17.6 Å². The summed E-state index contributed by atoms with van der Waals surface area (Å²) in [6.07, 6.45) is -1.97. The summed E-state index contributed by atoms with van der Waals surface area (Å²) in [5.74, 6) is -1.82. The van der Waals surface area contributed by atoms with E-state index in [4.69, 9.17) is 16.8 Å². The van der Waals surface area contributed by atoms with E-state index in [9.17, 15) is 13.2 Å². The molecule has 2 aromatic rings. The van der Waals surface area contributed by atoms with E-state index in [1.165, 1.54) is 24.3 Å². The number of hydrogen-bond acceptors (Lipinski definition) is 2. The van der Waals surface area contributed by atoms with E-state index in [1.807, 2.05) is 13.0 Å². The average molecular weight is 421 g/mol. The van der Waals surface area contributed by atoms with Gasteiger partial charge in [0, 0.05) is 4.47 Å². The van der Waals surface area contributed by atoms with Crippen molar-refractivity contribution in [2.24, 2.45) is 0 Å². The highest BCUT2D eigenvalue weighted by atomic mass is 79.9. The number of hydrogen-bond donors (Lipinski definition) is 2. The highest BCUT2D eigenvalue weighted by Gasteiger charge is 2.39. The number of rotatable bonds is 4. The van der Waals surface area contributed by atoms with Crippen molar-refractivity contribution in [3.8, 4) is 0 Å². The Balaban J connectivity index is 2.39. The third-order valence-electron chi connectivity index (χ3n) is 3.50. The lowest BCUT2D eigenvalue weighted by atomic mass is 9.96. The predicted octanol–water partition coefficient (Wildman–Crippen LogP) is 6.57. The topological polar surface area (TPSA) is 32.3 Å². The lowest BCUT2D eigenvalue weighted by molar-refractivity contribution is -0.139. The molecule has 0 aliphatic rings. The van der Waals surface area contributed by atoms with Crippen molar-refractivity contribution in [1.29, 1.82) is 0 Å². The first-order valence-corrected chi connectivity index (χ1v) is 8.10. The average Bonchev–Trinajstić information content (AvgIpc) is 2.51. The Morgan fingerprint density at radius 3 is 2.50 bits per heavy atom. The fraction of sp³-hybridized carbons (Fsp3) is 0.176. The van der Waals surface area contributed by atoms with Crippen LogP contribution in [0.3, 0.4) is 0 Å². The van der Waals surface area contributed by atoms with E-state index in [0.717, 1.165) is 16.1 Å². The highest BCUT2D eigenvalue weighted by molar-refractivity contribution is 9.10. The quantitative estimate of drug-likeness (QED) is 0.548. The lowest BCUT2D eigenvalue weighted by Gasteiger charge is -2.18. The lowest BCUT2D eigenvalue weighted by Crippen LogP contribution is -2.19. The minimum Gasteiger partial charge on any atom is -0.291 e. The normalized spacial score (nSPS) is 13.3. The fourth-order valence-corrected chi connectivity index (χ4v) is 2.71. The van der Waals surface area contributed by atoms with Crippen molar-refractivity contribution in [1.82, 2.24) is 0 Å². The summed E-state index contributed by atoms with van der Waals surface area (Å²) in [6, 6.07) is 9.09. The first kappa shape index (κ1) is 18.8. The summed E-state index contributed by atoms with van der Waals surface area (Å²) in [6.45, 7) is 1.90. The molecule has 2 nitrogen and oxygen atoms in total. The summed E-state index contributed by atoms with van der Waals surface area (Å²) in [5, 5.41) is 9.09. The SMILES string of the molecule is Cc1ccc(/C=C/C(c2ccc(Cl)c(NO)c2)C(F)(F)F)cc1Br. The monoisotopic (exact) mass is 419 g/mol. The largest absolute Gasteiger partial charge is 0.399 e. The number of benzene rings is 2. The zero-order chi connectivity index (χ0) is 17.9. The molecular formula is C17H14BrClF3NO. The second kappa shape index (κ2) is 7.59. The van der Waals surface area contributed by atoms with Crippen LogP contribution in [-0.4, -0.2) is 11.4 Å². The predicted molar refractivity (Wildman–Crippen MR) is 93.6 cm³/mol. The molecule has 0 saturated heterocycles. The third kappa shape index (κ3) is 4.53. The first-order valence-electron chi connectivity index (χ1n) is 6.93. The molecule has 0 aromatic heterocycles. The van der Waals surface area contributed by atoms with Gasteiger partial charge in [-0.2, -0.15) is 13.2 Å². The van der Waals surface area contributed by atoms with E-state index in [0.29, 0.717) is 5.56 Å². The smallest absolute Gasteiger partial charge is 0.291 e. The van der Waals surface area contributed by atoms with Crippen LogP contribution in [0.4, 0.5) is 18.9 Å². The van der Waals surface area contributed by atoms with Gasteiger partial charge in [0.2, 0.25) is 0 Å². The molecule has 24 heavy (non-hydrogen) atoms. The van der Waals surface area contributed by atoms with Gasteiger partial charge in [0.15, 0.2) is 0 Å². The second-order valence-electron chi connectivity index (χ2n) is 5.24. The van der Waals surface area contributed by atoms with Crippen molar-refractivity contribution < 1.29 is 18.4 Å². The minimum atomic E-state index is -4.47. The first-order chi connectivity index (χ1) is 11.2. The maximum absolute atomic E-state index is 13.4. The molecule has 0 radical (unpaired) electrons. The number of nitrogens with one attached hydrogen (secondary N) is 1. The Labute approximate surface area is 151 Å². The van der Waals surface area contributed by atoms with Crippen LogP contribution < -0.4 is 5.48 Å². The van der Waals surface area contributed by atoms with Crippen LogP contribution in [0.1, 0.15) is 22.6 Å². The van der Waals surface area contributed by atoms with Gasteiger partial charge >= 0.3 is 6.18 Å². The van der Waals surface area contributed by atoms with Crippen LogP contribution in [0, 0.1) is 6.92 Å². The standard InChI is InChI=1S/C17H14BrClF3NO/c1-10-2-3-11(8-14(10)18)4-6-13(17(20,21)22)12-5-7-15(19)16(9-12)23-24/h2-9,13,23-24H,1H3/b6-4+. The maximum atomic E-state index is 13.4. The van der Waals surface area contributed by atoms with Crippen LogP contribution in [-0.2, 0) is 0 Å². The van der Waals surface area contributed by atoms with Gasteiger partial charge in [-0.3, -0.25) is 10.7 Å². The molecule has 7 heteroatoms. The highest BCUT2D eigenvalue weighted by Crippen LogP contribution is 2.38. The summed E-state index contributed by atoms with van der Waals surface area (Å²) < 4.78 is 41.1. The van der Waals surface area contributed by atoms with Gasteiger partial charge in [-0.25, -0.2) is 0 Å².